The highest BCUT2D eigenvalue weighted by molar-refractivity contribution is 7.09. The standard InChI is InChI=1S/C23H32N4O6S/c1-23(2,3)27(22(31)32)17(14-33-4)20(29)26-16(12-15-8-6-5-7-9-15)19(28)21(30)25-13-18-24-10-11-34-18/h5-11,16-17,19,28H,12-14H2,1-4H3,(H,25,30)(H,26,29)(H,31,32). The summed E-state index contributed by atoms with van der Waals surface area (Å²) in [6.45, 7) is 4.95. The number of aliphatic hydroxyl groups excluding tert-OH is 1. The molecule has 186 valence electrons. The van der Waals surface area contributed by atoms with Crippen LogP contribution in [0.4, 0.5) is 4.79 Å². The zero-order chi connectivity index (χ0) is 25.3. The number of benzene rings is 1. The number of nitrogens with one attached hydrogen (secondary N) is 2. The van der Waals surface area contributed by atoms with Gasteiger partial charge in [0.2, 0.25) is 5.91 Å². The van der Waals surface area contributed by atoms with Crippen LogP contribution in [0.2, 0.25) is 0 Å². The number of methoxy groups -OCH3 is 1. The van der Waals surface area contributed by atoms with Gasteiger partial charge in [-0.05, 0) is 32.8 Å². The fourth-order valence-corrected chi connectivity index (χ4v) is 4.05. The number of amides is 3. The van der Waals surface area contributed by atoms with Crippen LogP contribution in [0.1, 0.15) is 31.3 Å². The summed E-state index contributed by atoms with van der Waals surface area (Å²) < 4.78 is 5.13. The van der Waals surface area contributed by atoms with E-state index in [1.807, 2.05) is 30.3 Å². The molecule has 0 fully saturated rings. The number of aromatic nitrogens is 1. The fraction of sp³-hybridized carbons (Fsp3) is 0.478. The molecule has 1 heterocycles. The highest BCUT2D eigenvalue weighted by Crippen LogP contribution is 2.19. The number of hydrogen-bond donors (Lipinski definition) is 4. The van der Waals surface area contributed by atoms with Crippen LogP contribution in [-0.4, -0.2) is 75.4 Å². The van der Waals surface area contributed by atoms with E-state index in [2.05, 4.69) is 15.6 Å². The third kappa shape index (κ3) is 7.79. The van der Waals surface area contributed by atoms with Crippen molar-refractivity contribution in [2.24, 2.45) is 0 Å². The molecule has 0 radical (unpaired) electrons. The van der Waals surface area contributed by atoms with Gasteiger partial charge in [-0.15, -0.1) is 11.3 Å². The number of ether oxygens (including phenoxy) is 1. The van der Waals surface area contributed by atoms with Gasteiger partial charge in [0.1, 0.15) is 11.0 Å². The predicted octanol–water partition coefficient (Wildman–Crippen LogP) is 1.64. The molecule has 10 nitrogen and oxygen atoms in total. The van der Waals surface area contributed by atoms with Gasteiger partial charge in [0.05, 0.1) is 19.2 Å². The predicted molar refractivity (Wildman–Crippen MR) is 127 cm³/mol. The van der Waals surface area contributed by atoms with Crippen LogP contribution in [0.3, 0.4) is 0 Å². The fourth-order valence-electron chi connectivity index (χ4n) is 3.49. The van der Waals surface area contributed by atoms with Gasteiger partial charge in [0, 0.05) is 24.2 Å². The number of carbonyl (C=O) groups excluding carboxylic acids is 2. The molecule has 2 rings (SSSR count). The largest absolute Gasteiger partial charge is 0.465 e. The number of hydrogen-bond acceptors (Lipinski definition) is 7. The summed E-state index contributed by atoms with van der Waals surface area (Å²) in [6.07, 6.45) is -1.10. The Morgan fingerprint density at radius 3 is 2.38 bits per heavy atom. The van der Waals surface area contributed by atoms with Gasteiger partial charge in [0.25, 0.3) is 5.91 Å². The lowest BCUT2D eigenvalue weighted by molar-refractivity contribution is -0.135. The van der Waals surface area contributed by atoms with Gasteiger partial charge in [-0.1, -0.05) is 30.3 Å². The molecular formula is C23H32N4O6S. The van der Waals surface area contributed by atoms with Crippen molar-refractivity contribution in [2.45, 2.75) is 57.5 Å². The van der Waals surface area contributed by atoms with Crippen LogP contribution < -0.4 is 10.6 Å². The average molecular weight is 493 g/mol. The van der Waals surface area contributed by atoms with E-state index in [-0.39, 0.29) is 19.6 Å². The molecule has 0 saturated heterocycles. The van der Waals surface area contributed by atoms with Crippen molar-refractivity contribution in [3.05, 3.63) is 52.5 Å². The molecule has 0 spiro atoms. The Bertz CT molecular complexity index is 933. The smallest absolute Gasteiger partial charge is 0.408 e. The highest BCUT2D eigenvalue weighted by Gasteiger charge is 2.39. The summed E-state index contributed by atoms with van der Waals surface area (Å²) in [5.41, 5.74) is -0.112. The summed E-state index contributed by atoms with van der Waals surface area (Å²) in [7, 11) is 1.37. The Labute approximate surface area is 203 Å². The van der Waals surface area contributed by atoms with E-state index < -0.39 is 41.6 Å². The summed E-state index contributed by atoms with van der Waals surface area (Å²) in [6, 6.07) is 6.87. The number of aliphatic hydroxyl groups is 1. The quantitative estimate of drug-likeness (QED) is 0.374. The van der Waals surface area contributed by atoms with Crippen LogP contribution in [-0.2, 0) is 27.3 Å². The summed E-state index contributed by atoms with van der Waals surface area (Å²) >= 11 is 1.36. The lowest BCUT2D eigenvalue weighted by Gasteiger charge is -2.39. The van der Waals surface area contributed by atoms with Crippen molar-refractivity contribution in [3.8, 4) is 0 Å². The second-order valence-electron chi connectivity index (χ2n) is 8.69. The Kier molecular flexibility index (Phi) is 9.97. The van der Waals surface area contributed by atoms with Crippen LogP contribution in [0.25, 0.3) is 0 Å². The van der Waals surface area contributed by atoms with E-state index in [1.54, 1.807) is 32.3 Å². The van der Waals surface area contributed by atoms with Crippen LogP contribution >= 0.6 is 11.3 Å². The SMILES string of the molecule is COCC(C(=O)NC(Cc1ccccc1)C(O)C(=O)NCc1nccs1)N(C(=O)O)C(C)(C)C. The Balaban J connectivity index is 2.25. The van der Waals surface area contributed by atoms with E-state index in [0.717, 1.165) is 10.5 Å². The molecule has 1 aromatic heterocycles. The lowest BCUT2D eigenvalue weighted by atomic mass is 9.99. The maximum absolute atomic E-state index is 13.3. The highest BCUT2D eigenvalue weighted by atomic mass is 32.1. The van der Waals surface area contributed by atoms with E-state index in [0.29, 0.717) is 5.01 Å². The molecule has 3 amide bonds. The van der Waals surface area contributed by atoms with Gasteiger partial charge < -0.3 is 25.6 Å². The van der Waals surface area contributed by atoms with Crippen molar-refractivity contribution in [2.75, 3.05) is 13.7 Å². The minimum atomic E-state index is -1.58. The first-order valence-electron chi connectivity index (χ1n) is 10.7. The minimum absolute atomic E-state index is 0.142. The zero-order valence-electron chi connectivity index (χ0n) is 19.7. The van der Waals surface area contributed by atoms with Crippen molar-refractivity contribution in [1.82, 2.24) is 20.5 Å². The topological polar surface area (TPSA) is 141 Å². The normalized spacial score (nSPS) is 14.0. The van der Waals surface area contributed by atoms with Gasteiger partial charge in [-0.25, -0.2) is 9.78 Å². The van der Waals surface area contributed by atoms with E-state index in [1.165, 1.54) is 18.4 Å². The number of carbonyl (C=O) groups is 3. The summed E-state index contributed by atoms with van der Waals surface area (Å²) in [5.74, 6) is -1.35. The van der Waals surface area contributed by atoms with Gasteiger partial charge in [-0.2, -0.15) is 0 Å². The molecule has 3 unspecified atom stereocenters. The average Bonchev–Trinajstić information content (AvgIpc) is 3.29. The Morgan fingerprint density at radius 2 is 1.85 bits per heavy atom. The third-order valence-electron chi connectivity index (χ3n) is 5.04. The number of rotatable bonds is 11. The third-order valence-corrected chi connectivity index (χ3v) is 5.82. The second kappa shape index (κ2) is 12.4. The minimum Gasteiger partial charge on any atom is -0.465 e. The number of carboxylic acid groups (broad SMARTS) is 1. The van der Waals surface area contributed by atoms with Gasteiger partial charge >= 0.3 is 6.09 Å². The first-order valence-corrected chi connectivity index (χ1v) is 11.6. The molecule has 11 heteroatoms. The summed E-state index contributed by atoms with van der Waals surface area (Å²) in [5, 5.41) is 28.3. The van der Waals surface area contributed by atoms with Crippen molar-refractivity contribution < 1.29 is 29.3 Å². The molecule has 0 bridgehead atoms. The zero-order valence-corrected chi connectivity index (χ0v) is 20.5. The van der Waals surface area contributed by atoms with Crippen molar-refractivity contribution >= 4 is 29.2 Å². The molecule has 1 aromatic carbocycles. The maximum Gasteiger partial charge on any atom is 0.408 e. The molecule has 4 N–H and O–H groups in total. The molecule has 0 aliphatic rings. The van der Waals surface area contributed by atoms with Crippen LogP contribution in [0, 0.1) is 0 Å². The molecular weight excluding hydrogens is 460 g/mol. The van der Waals surface area contributed by atoms with Crippen LogP contribution in [0.15, 0.2) is 41.9 Å². The molecule has 0 saturated carbocycles. The first-order chi connectivity index (χ1) is 16.0. The maximum atomic E-state index is 13.3. The Hall–Kier alpha value is -3.02. The Morgan fingerprint density at radius 1 is 1.18 bits per heavy atom. The first kappa shape index (κ1) is 27.2. The lowest BCUT2D eigenvalue weighted by Crippen LogP contribution is -2.61. The van der Waals surface area contributed by atoms with E-state index >= 15 is 0 Å². The molecule has 2 aromatic rings. The number of nitrogens with zero attached hydrogens (tertiary/aromatic N) is 2. The summed E-state index contributed by atoms with van der Waals surface area (Å²) in [4.78, 5) is 43.0. The molecule has 0 aliphatic carbocycles. The molecule has 3 atom stereocenters. The number of thiazole rings is 1. The monoisotopic (exact) mass is 492 g/mol. The van der Waals surface area contributed by atoms with E-state index in [4.69, 9.17) is 4.74 Å². The van der Waals surface area contributed by atoms with E-state index in [9.17, 15) is 24.6 Å². The second-order valence-corrected chi connectivity index (χ2v) is 9.67. The van der Waals surface area contributed by atoms with Gasteiger partial charge in [0.15, 0.2) is 6.10 Å². The van der Waals surface area contributed by atoms with Crippen LogP contribution in [0.5, 0.6) is 0 Å². The molecule has 34 heavy (non-hydrogen) atoms. The molecule has 0 aliphatic heterocycles. The van der Waals surface area contributed by atoms with Crippen molar-refractivity contribution in [3.63, 3.8) is 0 Å². The van der Waals surface area contributed by atoms with Gasteiger partial charge in [-0.3, -0.25) is 14.5 Å². The van der Waals surface area contributed by atoms with Crippen molar-refractivity contribution in [1.29, 1.82) is 0 Å².